The number of sulfonamides is 1. The highest BCUT2D eigenvalue weighted by molar-refractivity contribution is 7.89. The minimum Gasteiger partial charge on any atom is -0.381 e. The smallest absolute Gasteiger partial charge is 0.248 e. The first kappa shape index (κ1) is 15.3. The molecule has 0 spiro atoms. The molecule has 6 nitrogen and oxygen atoms in total. The van der Waals surface area contributed by atoms with Gasteiger partial charge in [-0.25, -0.2) is 8.42 Å². The molecule has 7 heteroatoms. The maximum Gasteiger partial charge on any atom is 0.248 e. The summed E-state index contributed by atoms with van der Waals surface area (Å²) < 4.78 is 28.8. The van der Waals surface area contributed by atoms with Crippen molar-refractivity contribution in [1.82, 2.24) is 14.1 Å². The number of anilines is 1. The second kappa shape index (κ2) is 5.73. The van der Waals surface area contributed by atoms with Crippen LogP contribution in [0, 0.1) is 5.92 Å². The molecule has 0 aliphatic heterocycles. The maximum absolute atomic E-state index is 12.9. The average molecular weight is 300 g/mol. The molecule has 0 amide bonds. The Hall–Kier alpha value is -1.08. The van der Waals surface area contributed by atoms with Crippen LogP contribution in [0.5, 0.6) is 0 Å². The molecule has 1 heterocycles. The highest BCUT2D eigenvalue weighted by Crippen LogP contribution is 2.30. The largest absolute Gasteiger partial charge is 0.381 e. The Morgan fingerprint density at radius 1 is 1.45 bits per heavy atom. The molecular formula is C13H24N4O2S. The van der Waals surface area contributed by atoms with Gasteiger partial charge in [0.05, 0.1) is 0 Å². The predicted molar refractivity (Wildman–Crippen MR) is 78.6 cm³/mol. The van der Waals surface area contributed by atoms with Crippen LogP contribution in [0.3, 0.4) is 0 Å². The molecule has 1 aromatic rings. The summed E-state index contributed by atoms with van der Waals surface area (Å²) in [5.41, 5.74) is 5.76. The van der Waals surface area contributed by atoms with Crippen LogP contribution < -0.4 is 5.73 Å². The quantitative estimate of drug-likeness (QED) is 0.895. The van der Waals surface area contributed by atoms with Crippen molar-refractivity contribution in [2.45, 2.75) is 50.5 Å². The SMILES string of the molecule is CC(C)CN(C1CCCC1)S(=O)(=O)c1cn(C)nc1N. The maximum atomic E-state index is 12.9. The Morgan fingerprint density at radius 2 is 2.05 bits per heavy atom. The van der Waals surface area contributed by atoms with Crippen molar-refractivity contribution in [2.75, 3.05) is 12.3 Å². The van der Waals surface area contributed by atoms with Gasteiger partial charge in [0.15, 0.2) is 5.82 Å². The highest BCUT2D eigenvalue weighted by Gasteiger charge is 2.35. The van der Waals surface area contributed by atoms with Crippen molar-refractivity contribution < 1.29 is 8.42 Å². The Morgan fingerprint density at radius 3 is 2.50 bits per heavy atom. The molecule has 20 heavy (non-hydrogen) atoms. The monoisotopic (exact) mass is 300 g/mol. The average Bonchev–Trinajstić information content (AvgIpc) is 2.95. The van der Waals surface area contributed by atoms with E-state index in [4.69, 9.17) is 5.73 Å². The fourth-order valence-electron chi connectivity index (χ4n) is 2.80. The lowest BCUT2D eigenvalue weighted by Gasteiger charge is -2.29. The van der Waals surface area contributed by atoms with Gasteiger partial charge in [0.1, 0.15) is 4.90 Å². The number of hydrogen-bond donors (Lipinski definition) is 1. The number of nitrogens with zero attached hydrogens (tertiary/aromatic N) is 3. The summed E-state index contributed by atoms with van der Waals surface area (Å²) in [5.74, 6) is 0.363. The van der Waals surface area contributed by atoms with Crippen molar-refractivity contribution in [3.63, 3.8) is 0 Å². The lowest BCUT2D eigenvalue weighted by molar-refractivity contribution is 0.292. The van der Waals surface area contributed by atoms with Gasteiger partial charge in [-0.15, -0.1) is 0 Å². The third-order valence-electron chi connectivity index (χ3n) is 3.69. The van der Waals surface area contributed by atoms with Gasteiger partial charge in [0.25, 0.3) is 0 Å². The van der Waals surface area contributed by atoms with Gasteiger partial charge in [-0.1, -0.05) is 26.7 Å². The topological polar surface area (TPSA) is 81.2 Å². The van der Waals surface area contributed by atoms with E-state index in [9.17, 15) is 8.42 Å². The molecule has 1 saturated carbocycles. The van der Waals surface area contributed by atoms with Crippen molar-refractivity contribution in [3.05, 3.63) is 6.20 Å². The first-order valence-electron chi connectivity index (χ1n) is 7.13. The zero-order chi connectivity index (χ0) is 14.9. The summed E-state index contributed by atoms with van der Waals surface area (Å²) in [7, 11) is -1.89. The Kier molecular flexibility index (Phi) is 4.39. The van der Waals surface area contributed by atoms with Gasteiger partial charge in [-0.05, 0) is 18.8 Å². The predicted octanol–water partition coefficient (Wildman–Crippen LogP) is 1.59. The van der Waals surface area contributed by atoms with Gasteiger partial charge in [0.2, 0.25) is 10.0 Å². The van der Waals surface area contributed by atoms with E-state index in [-0.39, 0.29) is 22.7 Å². The van der Waals surface area contributed by atoms with Crippen LogP contribution in [0.15, 0.2) is 11.1 Å². The summed E-state index contributed by atoms with van der Waals surface area (Å²) in [4.78, 5) is 0.132. The first-order chi connectivity index (χ1) is 9.32. The van der Waals surface area contributed by atoms with E-state index in [0.29, 0.717) is 6.54 Å². The molecule has 0 radical (unpaired) electrons. The van der Waals surface area contributed by atoms with Crippen LogP contribution in [-0.4, -0.2) is 35.1 Å². The fourth-order valence-corrected chi connectivity index (χ4v) is 4.75. The van der Waals surface area contributed by atoms with E-state index >= 15 is 0 Å². The highest BCUT2D eigenvalue weighted by atomic mass is 32.2. The number of aryl methyl sites for hydroxylation is 1. The van der Waals surface area contributed by atoms with Gasteiger partial charge >= 0.3 is 0 Å². The molecule has 0 unspecified atom stereocenters. The second-order valence-corrected chi connectivity index (χ2v) is 7.82. The number of nitrogen functional groups attached to an aromatic ring is 1. The van der Waals surface area contributed by atoms with Crippen LogP contribution in [-0.2, 0) is 17.1 Å². The van der Waals surface area contributed by atoms with E-state index in [1.54, 1.807) is 11.4 Å². The van der Waals surface area contributed by atoms with Gasteiger partial charge < -0.3 is 5.73 Å². The first-order valence-corrected chi connectivity index (χ1v) is 8.57. The molecule has 0 atom stereocenters. The number of nitrogens with two attached hydrogens (primary N) is 1. The van der Waals surface area contributed by atoms with Gasteiger partial charge in [-0.2, -0.15) is 9.40 Å². The molecule has 1 fully saturated rings. The normalized spacial score (nSPS) is 17.4. The molecular weight excluding hydrogens is 276 g/mol. The summed E-state index contributed by atoms with van der Waals surface area (Å²) >= 11 is 0. The Labute approximate surface area is 121 Å². The van der Waals surface area contributed by atoms with Crippen molar-refractivity contribution in [2.24, 2.45) is 13.0 Å². The molecule has 0 saturated heterocycles. The van der Waals surface area contributed by atoms with Gasteiger partial charge in [0, 0.05) is 25.8 Å². The summed E-state index contributed by atoms with van der Waals surface area (Å²) in [6.07, 6.45) is 5.56. The van der Waals surface area contributed by atoms with E-state index in [1.807, 2.05) is 13.8 Å². The number of aromatic nitrogens is 2. The molecule has 2 N–H and O–H groups in total. The van der Waals surface area contributed by atoms with Crippen LogP contribution in [0.1, 0.15) is 39.5 Å². The minimum absolute atomic E-state index is 0.0826. The standard InChI is InChI=1S/C13H24N4O2S/c1-10(2)8-17(11-6-4-5-7-11)20(18,19)12-9-16(3)15-13(12)14/h9-11H,4-8H2,1-3H3,(H2,14,15). The molecule has 2 rings (SSSR count). The van der Waals surface area contributed by atoms with E-state index < -0.39 is 10.0 Å². The molecule has 1 aromatic heterocycles. The molecule has 1 aliphatic rings. The number of hydrogen-bond acceptors (Lipinski definition) is 4. The van der Waals surface area contributed by atoms with Crippen LogP contribution in [0.25, 0.3) is 0 Å². The van der Waals surface area contributed by atoms with Crippen molar-refractivity contribution in [3.8, 4) is 0 Å². The summed E-state index contributed by atoms with van der Waals surface area (Å²) in [5, 5.41) is 3.95. The zero-order valence-electron chi connectivity index (χ0n) is 12.4. The van der Waals surface area contributed by atoms with E-state index in [1.165, 1.54) is 10.9 Å². The lowest BCUT2D eigenvalue weighted by atomic mass is 10.2. The second-order valence-electron chi connectivity index (χ2n) is 5.96. The summed E-state index contributed by atoms with van der Waals surface area (Å²) in [6.45, 7) is 4.59. The van der Waals surface area contributed by atoms with Gasteiger partial charge in [-0.3, -0.25) is 4.68 Å². The van der Waals surface area contributed by atoms with E-state index in [0.717, 1.165) is 25.7 Å². The van der Waals surface area contributed by atoms with Crippen LogP contribution in [0.4, 0.5) is 5.82 Å². The Balaban J connectivity index is 2.37. The zero-order valence-corrected chi connectivity index (χ0v) is 13.2. The van der Waals surface area contributed by atoms with Crippen LogP contribution >= 0.6 is 0 Å². The third-order valence-corrected chi connectivity index (χ3v) is 5.62. The Bertz CT molecular complexity index is 559. The fraction of sp³-hybridized carbons (Fsp3) is 0.769. The molecule has 1 aliphatic carbocycles. The molecule has 114 valence electrons. The molecule has 0 aromatic carbocycles. The minimum atomic E-state index is -3.56. The van der Waals surface area contributed by atoms with E-state index in [2.05, 4.69) is 5.10 Å². The van der Waals surface area contributed by atoms with Crippen LogP contribution in [0.2, 0.25) is 0 Å². The van der Waals surface area contributed by atoms with Crippen molar-refractivity contribution in [1.29, 1.82) is 0 Å². The third kappa shape index (κ3) is 2.98. The lowest BCUT2D eigenvalue weighted by Crippen LogP contribution is -2.41. The molecule has 0 bridgehead atoms. The summed E-state index contributed by atoms with van der Waals surface area (Å²) in [6, 6.07) is 0.0991. The number of rotatable bonds is 5. The van der Waals surface area contributed by atoms with Crippen molar-refractivity contribution >= 4 is 15.8 Å².